The number of nitrogens with zero attached hydrogens (tertiary/aromatic N) is 3. The number of aryl methyl sites for hydroxylation is 2. The normalized spacial score (nSPS) is 10.8. The van der Waals surface area contributed by atoms with Crippen molar-refractivity contribution in [3.8, 4) is 0 Å². The molecule has 0 aliphatic heterocycles. The maximum Gasteiger partial charge on any atom is 0.142 e. The highest BCUT2D eigenvalue weighted by Crippen LogP contribution is 2.00. The predicted molar refractivity (Wildman–Crippen MR) is 48.9 cm³/mol. The first kappa shape index (κ1) is 9.13. The van der Waals surface area contributed by atoms with Crippen molar-refractivity contribution in [2.75, 3.05) is 14.1 Å². The van der Waals surface area contributed by atoms with Crippen molar-refractivity contribution in [2.45, 2.75) is 20.4 Å². The molecule has 0 aliphatic rings. The van der Waals surface area contributed by atoms with Gasteiger partial charge in [0.2, 0.25) is 0 Å². The molecule has 1 heterocycles. The molecule has 0 bridgehead atoms. The lowest BCUT2D eigenvalue weighted by molar-refractivity contribution is 0.389. The Kier molecular flexibility index (Phi) is 2.76. The molecule has 1 aromatic heterocycles. The molecule has 3 heteroatoms. The number of hydrogen-bond donors (Lipinski definition) is 0. The van der Waals surface area contributed by atoms with Crippen molar-refractivity contribution in [3.63, 3.8) is 0 Å². The van der Waals surface area contributed by atoms with E-state index in [-0.39, 0.29) is 0 Å². The topological polar surface area (TPSA) is 29.0 Å². The van der Waals surface area contributed by atoms with Gasteiger partial charge in [0.25, 0.3) is 0 Å². The summed E-state index contributed by atoms with van der Waals surface area (Å²) in [5.74, 6) is 0.900. The predicted octanol–water partition coefficient (Wildman–Crippen LogP) is 1.16. The average Bonchev–Trinajstić information content (AvgIpc) is 1.81. The third-order valence-corrected chi connectivity index (χ3v) is 1.49. The third-order valence-electron chi connectivity index (χ3n) is 1.49. The molecule has 0 fully saturated rings. The summed E-state index contributed by atoms with van der Waals surface area (Å²) in [6.45, 7) is 4.80. The van der Waals surface area contributed by atoms with Crippen molar-refractivity contribution >= 4 is 0 Å². The Morgan fingerprint density at radius 1 is 1.17 bits per heavy atom. The Morgan fingerprint density at radius 3 is 2.08 bits per heavy atom. The van der Waals surface area contributed by atoms with Crippen LogP contribution in [0.4, 0.5) is 0 Å². The van der Waals surface area contributed by atoms with Crippen molar-refractivity contribution < 1.29 is 0 Å². The zero-order valence-corrected chi connectivity index (χ0v) is 8.13. The molecule has 0 unspecified atom stereocenters. The van der Waals surface area contributed by atoms with Crippen LogP contribution >= 0.6 is 0 Å². The van der Waals surface area contributed by atoms with Crippen LogP contribution in [0.15, 0.2) is 6.07 Å². The molecule has 0 amide bonds. The molecular weight excluding hydrogens is 150 g/mol. The summed E-state index contributed by atoms with van der Waals surface area (Å²) in [7, 11) is 4.03. The van der Waals surface area contributed by atoms with E-state index in [0.717, 1.165) is 23.8 Å². The molecule has 1 rings (SSSR count). The van der Waals surface area contributed by atoms with Gasteiger partial charge in [0.1, 0.15) is 5.82 Å². The summed E-state index contributed by atoms with van der Waals surface area (Å²) >= 11 is 0. The van der Waals surface area contributed by atoms with Crippen molar-refractivity contribution in [2.24, 2.45) is 0 Å². The SMILES string of the molecule is Cc1cc(C)nc(CN(C)C)n1. The van der Waals surface area contributed by atoms with Gasteiger partial charge in [-0.2, -0.15) is 0 Å². The Labute approximate surface area is 73.5 Å². The molecule has 0 saturated heterocycles. The maximum absolute atomic E-state index is 4.32. The Bertz CT molecular complexity index is 248. The lowest BCUT2D eigenvalue weighted by Crippen LogP contribution is -2.14. The molecular formula is C9H15N3. The number of aromatic nitrogens is 2. The van der Waals surface area contributed by atoms with E-state index in [1.807, 2.05) is 34.0 Å². The Hall–Kier alpha value is -0.960. The second-order valence-corrected chi connectivity index (χ2v) is 3.30. The van der Waals surface area contributed by atoms with E-state index < -0.39 is 0 Å². The van der Waals surface area contributed by atoms with E-state index in [4.69, 9.17) is 0 Å². The van der Waals surface area contributed by atoms with Crippen molar-refractivity contribution in [3.05, 3.63) is 23.3 Å². The summed E-state index contributed by atoms with van der Waals surface area (Å²) in [5.41, 5.74) is 2.08. The molecule has 0 aromatic carbocycles. The van der Waals surface area contributed by atoms with Gasteiger partial charge in [-0.05, 0) is 34.0 Å². The first-order chi connectivity index (χ1) is 5.58. The first-order valence-corrected chi connectivity index (χ1v) is 4.04. The van der Waals surface area contributed by atoms with E-state index >= 15 is 0 Å². The lowest BCUT2D eigenvalue weighted by Gasteiger charge is -2.08. The Balaban J connectivity index is 2.85. The first-order valence-electron chi connectivity index (χ1n) is 4.04. The fourth-order valence-corrected chi connectivity index (χ4v) is 1.15. The standard InChI is InChI=1S/C9H15N3/c1-7-5-8(2)11-9(10-7)6-12(3)4/h5H,6H2,1-4H3. The summed E-state index contributed by atoms with van der Waals surface area (Å²) in [5, 5.41) is 0. The summed E-state index contributed by atoms with van der Waals surface area (Å²) in [6.07, 6.45) is 0. The fourth-order valence-electron chi connectivity index (χ4n) is 1.15. The smallest absolute Gasteiger partial charge is 0.142 e. The van der Waals surface area contributed by atoms with Gasteiger partial charge in [-0.25, -0.2) is 9.97 Å². The molecule has 3 nitrogen and oxygen atoms in total. The molecule has 0 radical (unpaired) electrons. The minimum Gasteiger partial charge on any atom is -0.302 e. The zero-order chi connectivity index (χ0) is 9.14. The highest BCUT2D eigenvalue weighted by Gasteiger charge is 1.99. The highest BCUT2D eigenvalue weighted by molar-refractivity contribution is 5.08. The van der Waals surface area contributed by atoms with Gasteiger partial charge in [0.15, 0.2) is 0 Å². The third kappa shape index (κ3) is 2.58. The summed E-state index contributed by atoms with van der Waals surface area (Å²) in [6, 6.07) is 1.99. The van der Waals surface area contributed by atoms with Crippen LogP contribution in [-0.2, 0) is 6.54 Å². The van der Waals surface area contributed by atoms with Crippen LogP contribution in [0.3, 0.4) is 0 Å². The largest absolute Gasteiger partial charge is 0.302 e. The summed E-state index contributed by atoms with van der Waals surface area (Å²) in [4.78, 5) is 10.7. The molecule has 66 valence electrons. The van der Waals surface area contributed by atoms with Crippen molar-refractivity contribution in [1.82, 2.24) is 14.9 Å². The van der Waals surface area contributed by atoms with Crippen molar-refractivity contribution in [1.29, 1.82) is 0 Å². The van der Waals surface area contributed by atoms with E-state index in [9.17, 15) is 0 Å². The van der Waals surface area contributed by atoms with Gasteiger partial charge in [0, 0.05) is 11.4 Å². The van der Waals surface area contributed by atoms with Gasteiger partial charge < -0.3 is 4.90 Å². The van der Waals surface area contributed by atoms with Crippen LogP contribution in [-0.4, -0.2) is 29.0 Å². The average molecular weight is 165 g/mol. The van der Waals surface area contributed by atoms with Gasteiger partial charge in [0.05, 0.1) is 6.54 Å². The van der Waals surface area contributed by atoms with Gasteiger partial charge in [-0.3, -0.25) is 0 Å². The summed E-state index contributed by atoms with van der Waals surface area (Å²) < 4.78 is 0. The number of hydrogen-bond acceptors (Lipinski definition) is 3. The van der Waals surface area contributed by atoms with Gasteiger partial charge >= 0.3 is 0 Å². The minimum atomic E-state index is 0.808. The van der Waals surface area contributed by atoms with Crippen LogP contribution in [0.5, 0.6) is 0 Å². The molecule has 12 heavy (non-hydrogen) atoms. The van der Waals surface area contributed by atoms with E-state index in [1.165, 1.54) is 0 Å². The second kappa shape index (κ2) is 3.63. The van der Waals surface area contributed by atoms with Crippen LogP contribution in [0.25, 0.3) is 0 Å². The monoisotopic (exact) mass is 165 g/mol. The lowest BCUT2D eigenvalue weighted by atomic mass is 10.3. The molecule has 0 N–H and O–H groups in total. The molecule has 0 spiro atoms. The molecule has 0 saturated carbocycles. The van der Waals surface area contributed by atoms with Crippen LogP contribution in [0, 0.1) is 13.8 Å². The quantitative estimate of drug-likeness (QED) is 0.658. The molecule has 1 aromatic rings. The van der Waals surface area contributed by atoms with Crippen LogP contribution in [0.1, 0.15) is 17.2 Å². The highest BCUT2D eigenvalue weighted by atomic mass is 15.1. The van der Waals surface area contributed by atoms with Gasteiger partial charge in [-0.15, -0.1) is 0 Å². The number of rotatable bonds is 2. The van der Waals surface area contributed by atoms with Crippen LogP contribution in [0.2, 0.25) is 0 Å². The van der Waals surface area contributed by atoms with Crippen LogP contribution < -0.4 is 0 Å². The van der Waals surface area contributed by atoms with E-state index in [2.05, 4.69) is 14.9 Å². The Morgan fingerprint density at radius 2 is 1.67 bits per heavy atom. The fraction of sp³-hybridized carbons (Fsp3) is 0.556. The van der Waals surface area contributed by atoms with E-state index in [0.29, 0.717) is 0 Å². The van der Waals surface area contributed by atoms with E-state index in [1.54, 1.807) is 0 Å². The molecule has 0 atom stereocenters. The van der Waals surface area contributed by atoms with Gasteiger partial charge in [-0.1, -0.05) is 0 Å². The maximum atomic E-state index is 4.32. The molecule has 0 aliphatic carbocycles. The second-order valence-electron chi connectivity index (χ2n) is 3.30. The minimum absolute atomic E-state index is 0.808. The zero-order valence-electron chi connectivity index (χ0n) is 8.13.